The van der Waals surface area contributed by atoms with Gasteiger partial charge in [-0.05, 0) is 18.2 Å². The van der Waals surface area contributed by atoms with Crippen molar-refractivity contribution < 1.29 is 9.13 Å². The number of rotatable bonds is 3. The third-order valence-corrected chi connectivity index (χ3v) is 3.45. The number of hydrogen-bond acceptors (Lipinski definition) is 5. The molecule has 3 aromatic rings. The van der Waals surface area contributed by atoms with Crippen LogP contribution in [0.5, 0.6) is 5.75 Å². The fourth-order valence-corrected chi connectivity index (χ4v) is 2.29. The molecule has 5 nitrogen and oxygen atoms in total. The normalized spacial score (nSPS) is 10.7. The monoisotopic (exact) mass is 338 g/mol. The van der Waals surface area contributed by atoms with Gasteiger partial charge in [0.1, 0.15) is 28.6 Å². The van der Waals surface area contributed by atoms with Gasteiger partial charge in [-0.3, -0.25) is 0 Å². The summed E-state index contributed by atoms with van der Waals surface area (Å²) in [4.78, 5) is 12.3. The number of anilines is 2. The molecule has 0 aliphatic heterocycles. The number of ether oxygens (including phenoxy) is 1. The maximum absolute atomic E-state index is 14.0. The molecule has 0 unspecified atom stereocenters. The summed E-state index contributed by atoms with van der Waals surface area (Å²) >= 11 is 11.8. The van der Waals surface area contributed by atoms with Gasteiger partial charge in [-0.1, -0.05) is 23.2 Å². The van der Waals surface area contributed by atoms with E-state index >= 15 is 0 Å². The van der Waals surface area contributed by atoms with Gasteiger partial charge in [0.05, 0.1) is 23.3 Å². The average molecular weight is 339 g/mol. The molecule has 2 heterocycles. The molecule has 8 heteroatoms. The predicted octanol–water partition coefficient (Wildman–Crippen LogP) is 4.22. The van der Waals surface area contributed by atoms with Crippen molar-refractivity contribution in [1.29, 1.82) is 0 Å². The van der Waals surface area contributed by atoms with Gasteiger partial charge >= 0.3 is 0 Å². The minimum atomic E-state index is -0.542. The number of hydrogen-bond donors (Lipinski definition) is 1. The number of halogens is 3. The van der Waals surface area contributed by atoms with Crippen molar-refractivity contribution in [3.8, 4) is 5.75 Å². The molecule has 0 saturated heterocycles. The minimum absolute atomic E-state index is 0.156. The highest BCUT2D eigenvalue weighted by molar-refractivity contribution is 6.32. The van der Waals surface area contributed by atoms with Gasteiger partial charge in [0.15, 0.2) is 5.82 Å². The molecule has 2 aromatic heterocycles. The van der Waals surface area contributed by atoms with E-state index in [1.165, 1.54) is 19.5 Å². The number of pyridine rings is 1. The number of nitrogens with one attached hydrogen (secondary N) is 1. The van der Waals surface area contributed by atoms with Crippen LogP contribution in [0.2, 0.25) is 10.2 Å². The molecule has 0 aliphatic rings. The van der Waals surface area contributed by atoms with Gasteiger partial charge in [-0.25, -0.2) is 19.3 Å². The molecule has 0 radical (unpaired) electrons. The first-order chi connectivity index (χ1) is 10.6. The highest BCUT2D eigenvalue weighted by Crippen LogP contribution is 2.32. The third-order valence-electron chi connectivity index (χ3n) is 2.94. The molecule has 0 fully saturated rings. The summed E-state index contributed by atoms with van der Waals surface area (Å²) in [7, 11) is 1.45. The van der Waals surface area contributed by atoms with Crippen LogP contribution in [-0.2, 0) is 0 Å². The van der Waals surface area contributed by atoms with Gasteiger partial charge in [0.25, 0.3) is 0 Å². The van der Waals surface area contributed by atoms with Gasteiger partial charge in [-0.2, -0.15) is 0 Å². The highest BCUT2D eigenvalue weighted by atomic mass is 35.5. The molecule has 0 bridgehead atoms. The Bertz CT molecular complexity index is 860. The molecule has 0 amide bonds. The number of nitrogens with zero attached hydrogens (tertiary/aromatic N) is 3. The van der Waals surface area contributed by atoms with Crippen molar-refractivity contribution >= 4 is 45.7 Å². The van der Waals surface area contributed by atoms with Crippen molar-refractivity contribution in [2.45, 2.75) is 0 Å². The van der Waals surface area contributed by atoms with Crippen LogP contribution in [0.1, 0.15) is 0 Å². The van der Waals surface area contributed by atoms with Crippen molar-refractivity contribution in [2.75, 3.05) is 12.4 Å². The molecular formula is C14H9Cl2FN4O. The van der Waals surface area contributed by atoms with Crippen molar-refractivity contribution in [2.24, 2.45) is 0 Å². The highest BCUT2D eigenvalue weighted by Gasteiger charge is 2.12. The van der Waals surface area contributed by atoms with Crippen LogP contribution in [0.4, 0.5) is 15.9 Å². The Morgan fingerprint density at radius 3 is 2.77 bits per heavy atom. The maximum atomic E-state index is 14.0. The van der Waals surface area contributed by atoms with E-state index in [1.54, 1.807) is 12.1 Å². The smallest absolute Gasteiger partial charge is 0.160 e. The molecule has 0 aliphatic carbocycles. The van der Waals surface area contributed by atoms with E-state index in [4.69, 9.17) is 27.9 Å². The second-order valence-corrected chi connectivity index (χ2v) is 5.11. The number of fused-ring (bicyclic) bond motifs is 1. The van der Waals surface area contributed by atoms with Gasteiger partial charge < -0.3 is 10.1 Å². The molecular weight excluding hydrogens is 330 g/mol. The number of aromatic nitrogens is 3. The van der Waals surface area contributed by atoms with Crippen LogP contribution >= 0.6 is 23.2 Å². The lowest BCUT2D eigenvalue weighted by Gasteiger charge is -2.11. The third kappa shape index (κ3) is 2.75. The van der Waals surface area contributed by atoms with E-state index in [9.17, 15) is 4.39 Å². The summed E-state index contributed by atoms with van der Waals surface area (Å²) in [5, 5.41) is 3.33. The van der Waals surface area contributed by atoms with Crippen LogP contribution in [0.15, 0.2) is 30.6 Å². The van der Waals surface area contributed by atoms with E-state index in [-0.39, 0.29) is 10.7 Å². The predicted molar refractivity (Wildman–Crippen MR) is 83.6 cm³/mol. The van der Waals surface area contributed by atoms with E-state index in [0.717, 1.165) is 6.07 Å². The van der Waals surface area contributed by atoms with Crippen LogP contribution in [0.25, 0.3) is 11.0 Å². The molecule has 1 N–H and O–H groups in total. The van der Waals surface area contributed by atoms with E-state index in [1.807, 2.05) is 0 Å². The second kappa shape index (κ2) is 5.90. The molecule has 0 saturated carbocycles. The summed E-state index contributed by atoms with van der Waals surface area (Å²) in [5.74, 6) is 0.130. The first kappa shape index (κ1) is 14.7. The zero-order chi connectivity index (χ0) is 15.7. The van der Waals surface area contributed by atoms with Gasteiger partial charge in [0.2, 0.25) is 0 Å². The lowest BCUT2D eigenvalue weighted by atomic mass is 10.2. The quantitative estimate of drug-likeness (QED) is 0.724. The zero-order valence-electron chi connectivity index (χ0n) is 11.3. The van der Waals surface area contributed by atoms with Gasteiger partial charge in [-0.15, -0.1) is 0 Å². The molecule has 0 spiro atoms. The van der Waals surface area contributed by atoms with Crippen LogP contribution in [0, 0.1) is 5.82 Å². The second-order valence-electron chi connectivity index (χ2n) is 4.32. The van der Waals surface area contributed by atoms with Crippen molar-refractivity contribution in [3.63, 3.8) is 0 Å². The van der Waals surface area contributed by atoms with E-state index < -0.39 is 5.82 Å². The molecule has 1 aromatic carbocycles. The Morgan fingerprint density at radius 2 is 2.00 bits per heavy atom. The molecule has 112 valence electrons. The van der Waals surface area contributed by atoms with E-state index in [2.05, 4.69) is 20.3 Å². The van der Waals surface area contributed by atoms with Gasteiger partial charge in [0, 0.05) is 6.07 Å². The molecule has 22 heavy (non-hydrogen) atoms. The number of methoxy groups -OCH3 is 1. The lowest BCUT2D eigenvalue weighted by molar-refractivity contribution is 0.414. The fourth-order valence-electron chi connectivity index (χ4n) is 1.92. The lowest BCUT2D eigenvalue weighted by Crippen LogP contribution is -2.00. The Kier molecular flexibility index (Phi) is 3.96. The fraction of sp³-hybridized carbons (Fsp3) is 0.0714. The zero-order valence-corrected chi connectivity index (χ0v) is 12.8. The van der Waals surface area contributed by atoms with E-state index in [0.29, 0.717) is 27.8 Å². The first-order valence-electron chi connectivity index (χ1n) is 6.16. The summed E-state index contributed by atoms with van der Waals surface area (Å²) in [6.07, 6.45) is 1.35. The SMILES string of the molecule is COc1cc(Nc2ncnc3ccc(Cl)nc23)c(F)cc1Cl. The van der Waals surface area contributed by atoms with Crippen LogP contribution < -0.4 is 10.1 Å². The van der Waals surface area contributed by atoms with Crippen LogP contribution in [-0.4, -0.2) is 22.1 Å². The topological polar surface area (TPSA) is 59.9 Å². The molecule has 0 atom stereocenters. The first-order valence-corrected chi connectivity index (χ1v) is 6.91. The minimum Gasteiger partial charge on any atom is -0.495 e. The Balaban J connectivity index is 2.09. The summed E-state index contributed by atoms with van der Waals surface area (Å²) in [6.45, 7) is 0. The summed E-state index contributed by atoms with van der Waals surface area (Å²) in [6, 6.07) is 5.92. The largest absolute Gasteiger partial charge is 0.495 e. The summed E-state index contributed by atoms with van der Waals surface area (Å²) < 4.78 is 19.1. The van der Waals surface area contributed by atoms with Crippen molar-refractivity contribution in [3.05, 3.63) is 46.6 Å². The Hall–Kier alpha value is -2.18. The van der Waals surface area contributed by atoms with Crippen LogP contribution in [0.3, 0.4) is 0 Å². The molecule has 3 rings (SSSR count). The Labute approximate surface area is 135 Å². The Morgan fingerprint density at radius 1 is 1.18 bits per heavy atom. The average Bonchev–Trinajstić information content (AvgIpc) is 2.50. The summed E-state index contributed by atoms with van der Waals surface area (Å²) in [5.41, 5.74) is 1.18. The maximum Gasteiger partial charge on any atom is 0.160 e. The number of benzene rings is 1. The standard InChI is InChI=1S/C14H9Cl2FN4O/c1-22-11-5-10(8(17)4-7(11)15)20-14-13-9(18-6-19-14)2-3-12(16)21-13/h2-6H,1H3,(H,18,19,20). The van der Waals surface area contributed by atoms with Crippen molar-refractivity contribution in [1.82, 2.24) is 15.0 Å².